The van der Waals surface area contributed by atoms with Crippen molar-refractivity contribution in [2.45, 2.75) is 32.2 Å². The summed E-state index contributed by atoms with van der Waals surface area (Å²) in [5, 5.41) is 11.6. The van der Waals surface area contributed by atoms with E-state index in [2.05, 4.69) is 12.2 Å². The molecule has 0 aromatic carbocycles. The van der Waals surface area contributed by atoms with Gasteiger partial charge in [0.2, 0.25) is 0 Å². The zero-order valence-corrected chi connectivity index (χ0v) is 5.93. The van der Waals surface area contributed by atoms with E-state index in [1.165, 1.54) is 19.3 Å². The molecule has 0 heterocycles. The van der Waals surface area contributed by atoms with Gasteiger partial charge in [0.05, 0.1) is 6.73 Å². The molecule has 1 aliphatic carbocycles. The Morgan fingerprint density at radius 1 is 1.56 bits per heavy atom. The second kappa shape index (κ2) is 3.18. The summed E-state index contributed by atoms with van der Waals surface area (Å²) in [5.74, 6) is 0.761. The molecule has 0 spiro atoms. The molecule has 9 heavy (non-hydrogen) atoms. The van der Waals surface area contributed by atoms with Crippen LogP contribution in [0.1, 0.15) is 26.2 Å². The van der Waals surface area contributed by atoms with Crippen LogP contribution in [0.4, 0.5) is 0 Å². The third-order valence-electron chi connectivity index (χ3n) is 2.21. The van der Waals surface area contributed by atoms with E-state index in [0.717, 1.165) is 5.92 Å². The number of hydrogen-bond acceptors (Lipinski definition) is 2. The van der Waals surface area contributed by atoms with Crippen LogP contribution in [0, 0.1) is 5.92 Å². The first-order valence-corrected chi connectivity index (χ1v) is 3.69. The van der Waals surface area contributed by atoms with E-state index >= 15 is 0 Å². The maximum atomic E-state index is 8.53. The molecule has 0 radical (unpaired) electrons. The second-order valence-corrected chi connectivity index (χ2v) is 2.88. The Balaban J connectivity index is 2.22. The van der Waals surface area contributed by atoms with E-state index in [0.29, 0.717) is 6.04 Å². The van der Waals surface area contributed by atoms with Crippen molar-refractivity contribution in [1.82, 2.24) is 5.32 Å². The molecule has 0 aromatic heterocycles. The topological polar surface area (TPSA) is 32.3 Å². The molecule has 0 bridgehead atoms. The summed E-state index contributed by atoms with van der Waals surface area (Å²) in [4.78, 5) is 0. The van der Waals surface area contributed by atoms with Crippen LogP contribution < -0.4 is 5.32 Å². The van der Waals surface area contributed by atoms with Gasteiger partial charge < -0.3 is 5.11 Å². The van der Waals surface area contributed by atoms with E-state index in [1.54, 1.807) is 0 Å². The molecule has 54 valence electrons. The highest BCUT2D eigenvalue weighted by Gasteiger charge is 2.21. The zero-order chi connectivity index (χ0) is 6.69. The van der Waals surface area contributed by atoms with Gasteiger partial charge in [-0.15, -0.1) is 0 Å². The van der Waals surface area contributed by atoms with Gasteiger partial charge in [0, 0.05) is 6.04 Å². The fourth-order valence-corrected chi connectivity index (χ4v) is 1.57. The first-order chi connectivity index (χ1) is 4.34. The lowest BCUT2D eigenvalue weighted by atomic mass is 10.1. The quantitative estimate of drug-likeness (QED) is 0.538. The Labute approximate surface area is 56.3 Å². The molecule has 1 saturated carbocycles. The monoisotopic (exact) mass is 129 g/mol. The molecule has 2 unspecified atom stereocenters. The highest BCUT2D eigenvalue weighted by Crippen LogP contribution is 2.24. The second-order valence-electron chi connectivity index (χ2n) is 2.88. The summed E-state index contributed by atoms with van der Waals surface area (Å²) >= 11 is 0. The van der Waals surface area contributed by atoms with Crippen LogP contribution in [-0.4, -0.2) is 17.9 Å². The van der Waals surface area contributed by atoms with Gasteiger partial charge in [-0.1, -0.05) is 13.3 Å². The van der Waals surface area contributed by atoms with Crippen molar-refractivity contribution in [3.63, 3.8) is 0 Å². The lowest BCUT2D eigenvalue weighted by molar-refractivity contribution is 0.228. The summed E-state index contributed by atoms with van der Waals surface area (Å²) in [6, 6.07) is 0.579. The fraction of sp³-hybridized carbons (Fsp3) is 1.00. The molecule has 2 nitrogen and oxygen atoms in total. The SMILES string of the molecule is CC1CCCC1NCO. The first-order valence-electron chi connectivity index (χ1n) is 3.69. The molecule has 1 fully saturated rings. The van der Waals surface area contributed by atoms with E-state index in [9.17, 15) is 0 Å². The molecule has 2 atom stereocenters. The number of aliphatic hydroxyl groups is 1. The smallest absolute Gasteiger partial charge is 0.0933 e. The van der Waals surface area contributed by atoms with Gasteiger partial charge in [0.1, 0.15) is 0 Å². The lowest BCUT2D eigenvalue weighted by Crippen LogP contribution is -2.31. The minimum atomic E-state index is 0.134. The Kier molecular flexibility index (Phi) is 2.49. The third-order valence-corrected chi connectivity index (χ3v) is 2.21. The highest BCUT2D eigenvalue weighted by molar-refractivity contribution is 4.78. The Hall–Kier alpha value is -0.0800. The van der Waals surface area contributed by atoms with Crippen LogP contribution in [0.25, 0.3) is 0 Å². The standard InChI is InChI=1S/C7H15NO/c1-6-3-2-4-7(6)8-5-9/h6-9H,2-5H2,1H3. The van der Waals surface area contributed by atoms with Crippen LogP contribution in [-0.2, 0) is 0 Å². The molecular weight excluding hydrogens is 114 g/mol. The number of hydrogen-bond donors (Lipinski definition) is 2. The average Bonchev–Trinajstić information content (AvgIpc) is 2.18. The maximum absolute atomic E-state index is 8.53. The number of nitrogens with one attached hydrogen (secondary N) is 1. The molecule has 0 saturated heterocycles. The normalized spacial score (nSPS) is 35.3. The van der Waals surface area contributed by atoms with Crippen molar-refractivity contribution < 1.29 is 5.11 Å². The molecule has 2 heteroatoms. The number of aliphatic hydroxyl groups excluding tert-OH is 1. The fourth-order valence-electron chi connectivity index (χ4n) is 1.57. The summed E-state index contributed by atoms with van der Waals surface area (Å²) in [7, 11) is 0. The molecule has 0 aliphatic heterocycles. The van der Waals surface area contributed by atoms with Crippen molar-refractivity contribution in [2.24, 2.45) is 5.92 Å². The predicted molar refractivity (Wildman–Crippen MR) is 37.0 cm³/mol. The lowest BCUT2D eigenvalue weighted by Gasteiger charge is -2.14. The zero-order valence-electron chi connectivity index (χ0n) is 5.93. The molecule has 2 N–H and O–H groups in total. The number of rotatable bonds is 2. The largest absolute Gasteiger partial charge is 0.381 e. The van der Waals surface area contributed by atoms with Crippen LogP contribution in [0.5, 0.6) is 0 Å². The molecule has 1 aliphatic rings. The summed E-state index contributed by atoms with van der Waals surface area (Å²) in [6.07, 6.45) is 3.87. The minimum absolute atomic E-state index is 0.134. The van der Waals surface area contributed by atoms with Gasteiger partial charge in [0.25, 0.3) is 0 Å². The summed E-state index contributed by atoms with van der Waals surface area (Å²) in [6.45, 7) is 2.37. The van der Waals surface area contributed by atoms with Gasteiger partial charge in [-0.3, -0.25) is 5.32 Å². The van der Waals surface area contributed by atoms with Crippen LogP contribution in [0.15, 0.2) is 0 Å². The van der Waals surface area contributed by atoms with E-state index in [1.807, 2.05) is 0 Å². The van der Waals surface area contributed by atoms with Gasteiger partial charge in [-0.2, -0.15) is 0 Å². The summed E-state index contributed by atoms with van der Waals surface area (Å²) in [5.41, 5.74) is 0. The molecule has 0 aromatic rings. The highest BCUT2D eigenvalue weighted by atomic mass is 16.3. The Bertz CT molecular complexity index is 85.0. The average molecular weight is 129 g/mol. The van der Waals surface area contributed by atoms with Gasteiger partial charge in [-0.05, 0) is 18.8 Å². The van der Waals surface area contributed by atoms with Crippen LogP contribution in [0.3, 0.4) is 0 Å². The van der Waals surface area contributed by atoms with Crippen molar-refractivity contribution in [1.29, 1.82) is 0 Å². The molecule has 0 amide bonds. The van der Waals surface area contributed by atoms with Crippen molar-refractivity contribution in [2.75, 3.05) is 6.73 Å². The van der Waals surface area contributed by atoms with Crippen LogP contribution in [0.2, 0.25) is 0 Å². The van der Waals surface area contributed by atoms with Crippen molar-refractivity contribution >= 4 is 0 Å². The van der Waals surface area contributed by atoms with Crippen molar-refractivity contribution in [3.8, 4) is 0 Å². The van der Waals surface area contributed by atoms with Gasteiger partial charge >= 0.3 is 0 Å². The maximum Gasteiger partial charge on any atom is 0.0933 e. The predicted octanol–water partition coefficient (Wildman–Crippen LogP) is 0.714. The molecular formula is C7H15NO. The summed E-state index contributed by atoms with van der Waals surface area (Å²) < 4.78 is 0. The Morgan fingerprint density at radius 3 is 2.78 bits per heavy atom. The molecule has 1 rings (SSSR count). The Morgan fingerprint density at radius 2 is 2.33 bits per heavy atom. The van der Waals surface area contributed by atoms with Crippen LogP contribution >= 0.6 is 0 Å². The van der Waals surface area contributed by atoms with Gasteiger partial charge in [0.15, 0.2) is 0 Å². The van der Waals surface area contributed by atoms with E-state index < -0.39 is 0 Å². The minimum Gasteiger partial charge on any atom is -0.381 e. The van der Waals surface area contributed by atoms with Gasteiger partial charge in [-0.25, -0.2) is 0 Å². The van der Waals surface area contributed by atoms with Crippen molar-refractivity contribution in [3.05, 3.63) is 0 Å². The third kappa shape index (κ3) is 1.66. The first kappa shape index (κ1) is 7.03. The van der Waals surface area contributed by atoms with E-state index in [-0.39, 0.29) is 6.73 Å². The van der Waals surface area contributed by atoms with E-state index in [4.69, 9.17) is 5.11 Å².